The molecule has 1 aromatic heterocycles. The minimum atomic E-state index is -1.03. The summed E-state index contributed by atoms with van der Waals surface area (Å²) in [6.45, 7) is 6.13. The first-order valence-corrected chi connectivity index (χ1v) is 16.1. The van der Waals surface area contributed by atoms with Gasteiger partial charge in [-0.05, 0) is 47.2 Å². The van der Waals surface area contributed by atoms with Gasteiger partial charge in [0.1, 0.15) is 30.9 Å². The van der Waals surface area contributed by atoms with Crippen molar-refractivity contribution >= 4 is 17.9 Å². The van der Waals surface area contributed by atoms with E-state index in [9.17, 15) is 18.8 Å². The summed E-state index contributed by atoms with van der Waals surface area (Å²) in [5.74, 6) is -1.97. The molecule has 4 aromatic rings. The van der Waals surface area contributed by atoms with Crippen LogP contribution in [-0.4, -0.2) is 60.7 Å². The predicted octanol–water partition coefficient (Wildman–Crippen LogP) is 6.47. The maximum atomic E-state index is 15.1. The molecule has 3 amide bonds. The molecule has 0 unspecified atom stereocenters. The summed E-state index contributed by atoms with van der Waals surface area (Å²) >= 11 is 0. The molecule has 0 saturated carbocycles. The van der Waals surface area contributed by atoms with Gasteiger partial charge in [0.15, 0.2) is 0 Å². The fraction of sp³-hybridized carbons (Fsp3) is 0.342. The van der Waals surface area contributed by atoms with E-state index in [2.05, 4.69) is 10.6 Å². The van der Waals surface area contributed by atoms with E-state index in [1.165, 1.54) is 14.2 Å². The van der Waals surface area contributed by atoms with Gasteiger partial charge in [0.25, 0.3) is 0 Å². The Morgan fingerprint density at radius 1 is 0.918 bits per heavy atom. The van der Waals surface area contributed by atoms with E-state index >= 15 is 4.39 Å². The van der Waals surface area contributed by atoms with E-state index in [0.29, 0.717) is 17.8 Å². The van der Waals surface area contributed by atoms with E-state index in [4.69, 9.17) is 9.47 Å². The van der Waals surface area contributed by atoms with Crippen LogP contribution in [-0.2, 0) is 32.2 Å². The van der Waals surface area contributed by atoms with Crippen molar-refractivity contribution in [2.45, 2.75) is 52.4 Å². The van der Waals surface area contributed by atoms with Gasteiger partial charge in [0.2, 0.25) is 11.8 Å². The number of halogens is 2. The molecule has 0 radical (unpaired) electrons. The number of likely N-dealkylation sites (N-methyl/N-ethyl adjacent to an activating group) is 1. The Balaban J connectivity index is 1.71. The van der Waals surface area contributed by atoms with Crippen LogP contribution in [0.25, 0.3) is 11.1 Å². The molecule has 49 heavy (non-hydrogen) atoms. The minimum Gasteiger partial charge on any atom is -0.445 e. The smallest absolute Gasteiger partial charge is 0.408 e. The average Bonchev–Trinajstić information content (AvgIpc) is 3.48. The number of amides is 3. The van der Waals surface area contributed by atoms with Gasteiger partial charge >= 0.3 is 6.09 Å². The van der Waals surface area contributed by atoms with Gasteiger partial charge < -0.3 is 29.6 Å². The molecule has 2 N–H and O–H groups in total. The largest absolute Gasteiger partial charge is 0.445 e. The number of nitrogens with one attached hydrogen (secondary N) is 2. The van der Waals surface area contributed by atoms with E-state index in [1.54, 1.807) is 17.2 Å². The van der Waals surface area contributed by atoms with Crippen LogP contribution >= 0.6 is 0 Å². The zero-order valence-electron chi connectivity index (χ0n) is 28.5. The van der Waals surface area contributed by atoms with Gasteiger partial charge in [-0.3, -0.25) is 9.59 Å². The summed E-state index contributed by atoms with van der Waals surface area (Å²) in [5.41, 5.74) is 2.36. The molecule has 9 nitrogen and oxygen atoms in total. The Morgan fingerprint density at radius 2 is 1.57 bits per heavy atom. The van der Waals surface area contributed by atoms with Crippen LogP contribution in [0.3, 0.4) is 0 Å². The van der Waals surface area contributed by atoms with Crippen LogP contribution in [0.5, 0.6) is 0 Å². The number of nitrogens with zero attached hydrogens (tertiary/aromatic N) is 2. The molecule has 0 saturated heterocycles. The number of methoxy groups -OCH3 is 1. The Hall–Kier alpha value is -5.03. The van der Waals surface area contributed by atoms with Crippen molar-refractivity contribution in [3.05, 3.63) is 120 Å². The van der Waals surface area contributed by atoms with E-state index in [0.717, 1.165) is 29.3 Å². The Morgan fingerprint density at radius 3 is 2.18 bits per heavy atom. The number of alkyl carbamates (subject to hydrolysis) is 1. The Labute approximate surface area is 286 Å². The summed E-state index contributed by atoms with van der Waals surface area (Å²) in [6.07, 6.45) is 1.03. The quantitative estimate of drug-likeness (QED) is 0.160. The second-order valence-corrected chi connectivity index (χ2v) is 12.8. The van der Waals surface area contributed by atoms with Crippen molar-refractivity contribution in [2.24, 2.45) is 5.41 Å². The first kappa shape index (κ1) is 36.8. The number of ether oxygens (including phenoxy) is 2. The molecule has 11 heteroatoms. The first-order chi connectivity index (χ1) is 23.4. The molecule has 260 valence electrons. The summed E-state index contributed by atoms with van der Waals surface area (Å²) in [6, 6.07) is 22.2. The van der Waals surface area contributed by atoms with Crippen LogP contribution in [0.15, 0.2) is 91.1 Å². The number of hydrogen-bond donors (Lipinski definition) is 2. The highest BCUT2D eigenvalue weighted by Crippen LogP contribution is 2.41. The second kappa shape index (κ2) is 16.9. The zero-order chi connectivity index (χ0) is 35.6. The predicted molar refractivity (Wildman–Crippen MR) is 183 cm³/mol. The molecular weight excluding hydrogens is 630 g/mol. The molecule has 0 spiro atoms. The molecule has 1 heterocycles. The van der Waals surface area contributed by atoms with Crippen LogP contribution in [0.2, 0.25) is 0 Å². The van der Waals surface area contributed by atoms with Gasteiger partial charge in [0, 0.05) is 50.3 Å². The first-order valence-electron chi connectivity index (χ1n) is 16.1. The third-order valence-corrected chi connectivity index (χ3v) is 8.09. The lowest BCUT2D eigenvalue weighted by molar-refractivity contribution is -0.141. The van der Waals surface area contributed by atoms with E-state index in [1.807, 2.05) is 86.0 Å². The van der Waals surface area contributed by atoms with Crippen LogP contribution < -0.4 is 10.6 Å². The van der Waals surface area contributed by atoms with Gasteiger partial charge in [-0.1, -0.05) is 81.4 Å². The van der Waals surface area contributed by atoms with Gasteiger partial charge in [-0.25, -0.2) is 13.6 Å². The Bertz CT molecular complexity index is 1710. The van der Waals surface area contributed by atoms with Gasteiger partial charge in [-0.15, -0.1) is 0 Å². The lowest BCUT2D eigenvalue weighted by Gasteiger charge is -2.41. The monoisotopic (exact) mass is 674 g/mol. The fourth-order valence-electron chi connectivity index (χ4n) is 5.83. The van der Waals surface area contributed by atoms with Crippen molar-refractivity contribution in [1.29, 1.82) is 0 Å². The average molecular weight is 675 g/mol. The molecule has 0 aliphatic heterocycles. The standard InChI is InChI=1S/C38H44F2N4O5/c1-38(2,3)35(33-20-28(30-21-29(39)16-17-31(30)40)23-43(33)22-26-12-8-6-9-13-26)44(34(45)25-48-5)19-18-32(36(46)41-4)42-37(47)49-24-27-14-10-7-11-15-27/h6-17,20-21,23,32,35H,18-19,22,24-25H2,1-5H3,(H,41,46)(H,42,47)/t32-,35-/m0/s1. The topological polar surface area (TPSA) is 102 Å². The molecule has 3 aromatic carbocycles. The number of aromatic nitrogens is 1. The third kappa shape index (κ3) is 9.99. The Kier molecular flexibility index (Phi) is 12.7. The van der Waals surface area contributed by atoms with Crippen molar-refractivity contribution in [1.82, 2.24) is 20.1 Å². The highest BCUT2D eigenvalue weighted by Gasteiger charge is 2.38. The second-order valence-electron chi connectivity index (χ2n) is 12.8. The number of hydrogen-bond acceptors (Lipinski definition) is 5. The van der Waals surface area contributed by atoms with Crippen molar-refractivity contribution in [3.63, 3.8) is 0 Å². The van der Waals surface area contributed by atoms with Gasteiger partial charge in [0.05, 0.1) is 6.04 Å². The molecule has 0 aliphatic rings. The lowest BCUT2D eigenvalue weighted by Crippen LogP contribution is -2.50. The SMILES string of the molecule is CNC(=O)[C@H](CCN(C(=O)COC)[C@@H](c1cc(-c2cc(F)ccc2F)cn1Cc1ccccc1)C(C)(C)C)NC(=O)OCc1ccccc1. The number of carbonyl (C=O) groups excluding carboxylic acids is 3. The van der Waals surface area contributed by atoms with Crippen LogP contribution in [0, 0.1) is 17.0 Å². The van der Waals surface area contributed by atoms with Crippen LogP contribution in [0.1, 0.15) is 50.1 Å². The highest BCUT2D eigenvalue weighted by molar-refractivity contribution is 5.85. The molecule has 0 fully saturated rings. The summed E-state index contributed by atoms with van der Waals surface area (Å²) in [7, 11) is 2.88. The summed E-state index contributed by atoms with van der Waals surface area (Å²) in [5, 5.41) is 5.21. The van der Waals surface area contributed by atoms with Crippen molar-refractivity contribution < 1.29 is 32.6 Å². The summed E-state index contributed by atoms with van der Waals surface area (Å²) in [4.78, 5) is 41.2. The van der Waals surface area contributed by atoms with E-state index < -0.39 is 41.1 Å². The normalized spacial score (nSPS) is 12.6. The maximum Gasteiger partial charge on any atom is 0.408 e. The van der Waals surface area contributed by atoms with Crippen molar-refractivity contribution in [3.8, 4) is 11.1 Å². The zero-order valence-corrected chi connectivity index (χ0v) is 28.5. The van der Waals surface area contributed by atoms with Gasteiger partial charge in [-0.2, -0.15) is 0 Å². The molecule has 4 rings (SSSR count). The van der Waals surface area contributed by atoms with E-state index in [-0.39, 0.29) is 37.6 Å². The number of benzene rings is 3. The van der Waals surface area contributed by atoms with Crippen molar-refractivity contribution in [2.75, 3.05) is 27.3 Å². The number of rotatable bonds is 14. The summed E-state index contributed by atoms with van der Waals surface area (Å²) < 4.78 is 42.0. The minimum absolute atomic E-state index is 0.0182. The molecule has 0 aliphatic carbocycles. The third-order valence-electron chi connectivity index (χ3n) is 8.09. The van der Waals surface area contributed by atoms with Crippen LogP contribution in [0.4, 0.5) is 13.6 Å². The number of carbonyl (C=O) groups is 3. The lowest BCUT2D eigenvalue weighted by atomic mass is 9.82. The molecule has 2 atom stereocenters. The molecular formula is C38H44F2N4O5. The highest BCUT2D eigenvalue weighted by atomic mass is 19.1. The fourth-order valence-corrected chi connectivity index (χ4v) is 5.83. The molecule has 0 bridgehead atoms. The maximum absolute atomic E-state index is 15.1.